The molecule has 3 N–H and O–H groups in total. The zero-order valence-corrected chi connectivity index (χ0v) is 25.3. The molecule has 3 aliphatic rings. The van der Waals surface area contributed by atoms with Crippen molar-refractivity contribution in [2.24, 2.45) is 5.92 Å². The minimum absolute atomic E-state index is 0.00626. The number of halogens is 2. The number of ether oxygens (including phenoxy) is 1. The van der Waals surface area contributed by atoms with Crippen molar-refractivity contribution in [1.29, 1.82) is 0 Å². The van der Waals surface area contributed by atoms with Crippen LogP contribution in [0.25, 0.3) is 11.4 Å². The SMILES string of the molecule is CC(C)(C)OC(=O)N[C@H]1CCC(F)(F)CC/C=C\C2CC2(C(=O)O)NC(=O)[C@@H]2C[C@@H](n3nnc(-c4ccccc4)n3)CN2C1=O. The largest absolute Gasteiger partial charge is 0.479 e. The van der Waals surface area contributed by atoms with E-state index in [1.807, 2.05) is 18.2 Å². The summed E-state index contributed by atoms with van der Waals surface area (Å²) in [7, 11) is 0. The number of hydrogen-bond donors (Lipinski definition) is 3. The first-order valence-corrected chi connectivity index (χ1v) is 14.9. The summed E-state index contributed by atoms with van der Waals surface area (Å²) in [6, 6.07) is 5.73. The minimum Gasteiger partial charge on any atom is -0.479 e. The Morgan fingerprint density at radius 1 is 1.16 bits per heavy atom. The summed E-state index contributed by atoms with van der Waals surface area (Å²) in [6.07, 6.45) is 0.436. The number of amides is 3. The van der Waals surface area contributed by atoms with Crippen molar-refractivity contribution in [2.45, 2.75) is 94.5 Å². The Labute approximate surface area is 258 Å². The highest BCUT2D eigenvalue weighted by atomic mass is 19.3. The summed E-state index contributed by atoms with van der Waals surface area (Å²) < 4.78 is 35.2. The number of carboxylic acids is 1. The van der Waals surface area contributed by atoms with Gasteiger partial charge in [-0.05, 0) is 45.2 Å². The summed E-state index contributed by atoms with van der Waals surface area (Å²) in [5.41, 5.74) is -1.85. The van der Waals surface area contributed by atoms with Gasteiger partial charge in [-0.1, -0.05) is 42.5 Å². The maximum absolute atomic E-state index is 14.9. The van der Waals surface area contributed by atoms with Crippen LogP contribution in [-0.2, 0) is 19.1 Å². The first kappa shape index (κ1) is 32.0. The first-order chi connectivity index (χ1) is 21.2. The Morgan fingerprint density at radius 2 is 1.89 bits per heavy atom. The molecule has 15 heteroatoms. The maximum Gasteiger partial charge on any atom is 0.408 e. The summed E-state index contributed by atoms with van der Waals surface area (Å²) in [4.78, 5) is 55.3. The van der Waals surface area contributed by atoms with Crippen LogP contribution in [-0.4, -0.2) is 89.8 Å². The predicted molar refractivity (Wildman–Crippen MR) is 155 cm³/mol. The van der Waals surface area contributed by atoms with Gasteiger partial charge >= 0.3 is 12.1 Å². The van der Waals surface area contributed by atoms with Crippen LogP contribution < -0.4 is 10.6 Å². The van der Waals surface area contributed by atoms with E-state index in [4.69, 9.17) is 4.74 Å². The van der Waals surface area contributed by atoms with Gasteiger partial charge in [0.2, 0.25) is 23.6 Å². The van der Waals surface area contributed by atoms with Crippen LogP contribution >= 0.6 is 0 Å². The number of hydrogen-bond acceptors (Lipinski definition) is 8. The van der Waals surface area contributed by atoms with Crippen LogP contribution in [0.15, 0.2) is 42.5 Å². The van der Waals surface area contributed by atoms with Crippen LogP contribution in [0, 0.1) is 5.92 Å². The third kappa shape index (κ3) is 7.28. The molecule has 0 spiro atoms. The maximum atomic E-state index is 14.9. The van der Waals surface area contributed by atoms with Crippen LogP contribution in [0.1, 0.15) is 65.3 Å². The van der Waals surface area contributed by atoms with Crippen molar-refractivity contribution in [3.05, 3.63) is 42.5 Å². The van der Waals surface area contributed by atoms with Crippen LogP contribution in [0.2, 0.25) is 0 Å². The number of alkyl carbamates (subject to hydrolysis) is 1. The fourth-order valence-corrected chi connectivity index (χ4v) is 5.77. The average molecular weight is 630 g/mol. The number of nitrogens with one attached hydrogen (secondary N) is 2. The summed E-state index contributed by atoms with van der Waals surface area (Å²) in [5, 5.41) is 27.8. The monoisotopic (exact) mass is 629 g/mol. The molecule has 0 radical (unpaired) electrons. The van der Waals surface area contributed by atoms with E-state index >= 15 is 0 Å². The van der Waals surface area contributed by atoms with Gasteiger partial charge in [-0.25, -0.2) is 18.4 Å². The molecular formula is C30H37F2N7O6. The molecular weight excluding hydrogens is 592 g/mol. The Morgan fingerprint density at radius 3 is 2.58 bits per heavy atom. The third-order valence-electron chi connectivity index (χ3n) is 8.23. The van der Waals surface area contributed by atoms with Gasteiger partial charge in [-0.2, -0.15) is 4.80 Å². The van der Waals surface area contributed by atoms with Crippen LogP contribution in [0.3, 0.4) is 0 Å². The highest BCUT2D eigenvalue weighted by Crippen LogP contribution is 2.46. The second-order valence-electron chi connectivity index (χ2n) is 12.8. The molecule has 1 saturated heterocycles. The summed E-state index contributed by atoms with van der Waals surface area (Å²) >= 11 is 0. The molecule has 2 aliphatic heterocycles. The number of carbonyl (C=O) groups is 4. The lowest BCUT2D eigenvalue weighted by molar-refractivity contribution is -0.145. The summed E-state index contributed by atoms with van der Waals surface area (Å²) in [6.45, 7) is 4.75. The van der Waals surface area contributed by atoms with E-state index in [-0.39, 0.29) is 25.8 Å². The summed E-state index contributed by atoms with van der Waals surface area (Å²) in [5.74, 6) is -6.21. The van der Waals surface area contributed by atoms with Crippen molar-refractivity contribution in [3.63, 3.8) is 0 Å². The highest BCUT2D eigenvalue weighted by Gasteiger charge is 2.61. The van der Waals surface area contributed by atoms with E-state index in [9.17, 15) is 33.1 Å². The predicted octanol–water partition coefficient (Wildman–Crippen LogP) is 3.10. The van der Waals surface area contributed by atoms with E-state index in [1.165, 1.54) is 15.8 Å². The number of allylic oxidation sites excluding steroid dienone is 1. The molecule has 2 aromatic rings. The number of aromatic nitrogens is 4. The van der Waals surface area contributed by atoms with Gasteiger partial charge in [0.25, 0.3) is 0 Å². The number of benzene rings is 1. The van der Waals surface area contributed by atoms with Gasteiger partial charge in [0, 0.05) is 37.3 Å². The second-order valence-corrected chi connectivity index (χ2v) is 12.8. The molecule has 242 valence electrons. The number of tetrazole rings is 1. The van der Waals surface area contributed by atoms with E-state index in [1.54, 1.807) is 39.0 Å². The quantitative estimate of drug-likeness (QED) is 0.431. The van der Waals surface area contributed by atoms with Crippen molar-refractivity contribution < 1.29 is 37.8 Å². The molecule has 1 aromatic carbocycles. The average Bonchev–Trinajstić information content (AvgIpc) is 3.28. The Hall–Kier alpha value is -4.43. The molecule has 2 unspecified atom stereocenters. The number of carbonyl (C=O) groups excluding carboxylic acids is 3. The Balaban J connectivity index is 1.48. The number of nitrogens with zero attached hydrogens (tertiary/aromatic N) is 5. The lowest BCUT2D eigenvalue weighted by Gasteiger charge is -2.30. The standard InChI is InChI=1S/C30H37F2N7O6/c1-28(2,3)45-27(44)33-21-12-14-29(31,32)13-8-7-11-19-16-30(19,26(42)43)34-24(40)22-15-20(17-38(22)25(21)41)39-36-23(35-37-39)18-9-5-4-6-10-18/h4-7,9-11,19-22H,8,12-17H2,1-3H3,(H,33,44)(H,34,40)(H,42,43)/b11-7-/t19?,20-,21+,22+,30?/m1/s1. The molecule has 3 amide bonds. The van der Waals surface area contributed by atoms with E-state index in [0.717, 1.165) is 0 Å². The Kier molecular flexibility index (Phi) is 8.64. The Bertz CT molecular complexity index is 1480. The van der Waals surface area contributed by atoms with Crippen LogP contribution in [0.4, 0.5) is 13.6 Å². The molecule has 1 aromatic heterocycles. The second kappa shape index (κ2) is 12.2. The number of carboxylic acid groups (broad SMARTS) is 1. The number of alkyl halides is 2. The molecule has 5 atom stereocenters. The van der Waals surface area contributed by atoms with Gasteiger partial charge in [0.1, 0.15) is 23.2 Å². The smallest absolute Gasteiger partial charge is 0.408 e. The van der Waals surface area contributed by atoms with Crippen molar-refractivity contribution in [1.82, 2.24) is 35.7 Å². The molecule has 2 fully saturated rings. The topological polar surface area (TPSA) is 169 Å². The highest BCUT2D eigenvalue weighted by molar-refractivity contribution is 5.96. The van der Waals surface area contributed by atoms with E-state index in [0.29, 0.717) is 11.4 Å². The minimum atomic E-state index is -3.17. The molecule has 1 saturated carbocycles. The lowest BCUT2D eigenvalue weighted by atomic mass is 10.0. The van der Waals surface area contributed by atoms with E-state index in [2.05, 4.69) is 26.0 Å². The fourth-order valence-electron chi connectivity index (χ4n) is 5.77. The lowest BCUT2D eigenvalue weighted by Crippen LogP contribution is -2.56. The van der Waals surface area contributed by atoms with Crippen molar-refractivity contribution in [3.8, 4) is 11.4 Å². The molecule has 1 aliphatic carbocycles. The van der Waals surface area contributed by atoms with Crippen LogP contribution in [0.5, 0.6) is 0 Å². The van der Waals surface area contributed by atoms with Gasteiger partial charge in [-0.15, -0.1) is 10.2 Å². The number of rotatable bonds is 4. The van der Waals surface area contributed by atoms with Gasteiger partial charge in [0.15, 0.2) is 0 Å². The zero-order chi connectivity index (χ0) is 32.6. The number of fused-ring (bicyclic) bond motifs is 2. The van der Waals surface area contributed by atoms with Gasteiger partial charge in [0.05, 0.1) is 6.04 Å². The third-order valence-corrected chi connectivity index (χ3v) is 8.23. The van der Waals surface area contributed by atoms with Gasteiger partial charge in [-0.3, -0.25) is 9.59 Å². The zero-order valence-electron chi connectivity index (χ0n) is 25.3. The molecule has 5 rings (SSSR count). The van der Waals surface area contributed by atoms with Crippen molar-refractivity contribution >= 4 is 23.9 Å². The molecule has 13 nitrogen and oxygen atoms in total. The fraction of sp³-hybridized carbons (Fsp3) is 0.567. The van der Waals surface area contributed by atoms with Gasteiger partial charge < -0.3 is 25.4 Å². The number of aliphatic carboxylic acids is 1. The molecule has 0 bridgehead atoms. The van der Waals surface area contributed by atoms with E-state index < -0.39 is 84.2 Å². The molecule has 3 heterocycles. The normalized spacial score (nSPS) is 29.3. The van der Waals surface area contributed by atoms with Crippen molar-refractivity contribution in [2.75, 3.05) is 6.54 Å². The molecule has 45 heavy (non-hydrogen) atoms. The first-order valence-electron chi connectivity index (χ1n) is 14.9.